The summed E-state index contributed by atoms with van der Waals surface area (Å²) < 4.78 is 84.5. The summed E-state index contributed by atoms with van der Waals surface area (Å²) in [6.07, 6.45) is 3.83. The molecule has 36 heavy (non-hydrogen) atoms. The molecule has 1 aliphatic heterocycles. The van der Waals surface area contributed by atoms with Crippen molar-refractivity contribution in [3.05, 3.63) is 65.2 Å². The zero-order valence-electron chi connectivity index (χ0n) is 20.6. The number of epoxide rings is 1. The van der Waals surface area contributed by atoms with Gasteiger partial charge in [-0.1, -0.05) is 70.2 Å². The lowest BCUT2D eigenvalue weighted by Gasteiger charge is -2.14. The zero-order chi connectivity index (χ0) is 25.8. The van der Waals surface area contributed by atoms with Crippen LogP contribution in [0, 0.1) is 23.3 Å². The average Bonchev–Trinajstić information content (AvgIpc) is 3.65. The molecular weight excluding hydrogens is 475 g/mol. The Bertz CT molecular complexity index is 1210. The van der Waals surface area contributed by atoms with Crippen LogP contribution in [0.25, 0.3) is 21.9 Å². The summed E-state index contributed by atoms with van der Waals surface area (Å²) in [6.45, 7) is 4.09. The van der Waals surface area contributed by atoms with E-state index in [1.807, 2.05) is 6.92 Å². The van der Waals surface area contributed by atoms with E-state index in [2.05, 4.69) is 6.92 Å². The minimum atomic E-state index is -1.85. The van der Waals surface area contributed by atoms with Gasteiger partial charge in [-0.2, -0.15) is 4.39 Å². The Labute approximate surface area is 208 Å². The molecule has 0 bridgehead atoms. The standard InChI is InChI=1S/C29H31F5O2/c1-3-5-7-8-9-17-11-13-20(27(33)25(17)31)19-14-12-18-15-24(22(30)16-21(18)26(19)32)36-29(34)28-23(35-28)10-6-4-2/h11-16,23,28-29H,3-10H2,1-2H3. The highest BCUT2D eigenvalue weighted by molar-refractivity contribution is 5.89. The van der Waals surface area contributed by atoms with E-state index in [1.54, 1.807) is 0 Å². The minimum absolute atomic E-state index is 0.139. The van der Waals surface area contributed by atoms with Crippen molar-refractivity contribution in [1.29, 1.82) is 0 Å². The predicted molar refractivity (Wildman–Crippen MR) is 131 cm³/mol. The molecule has 1 aliphatic rings. The molecule has 3 aromatic rings. The Morgan fingerprint density at radius 2 is 1.56 bits per heavy atom. The third-order valence-corrected chi connectivity index (χ3v) is 6.72. The van der Waals surface area contributed by atoms with Gasteiger partial charge in [0.15, 0.2) is 29.3 Å². The van der Waals surface area contributed by atoms with Crippen LogP contribution in [0.5, 0.6) is 5.75 Å². The maximum Gasteiger partial charge on any atom is 0.266 e. The number of benzene rings is 3. The van der Waals surface area contributed by atoms with Gasteiger partial charge in [0.1, 0.15) is 5.82 Å². The van der Waals surface area contributed by atoms with Gasteiger partial charge in [0.25, 0.3) is 6.36 Å². The highest BCUT2D eigenvalue weighted by Gasteiger charge is 2.46. The molecule has 0 aliphatic carbocycles. The van der Waals surface area contributed by atoms with Crippen molar-refractivity contribution in [2.24, 2.45) is 0 Å². The van der Waals surface area contributed by atoms with Crippen molar-refractivity contribution in [2.45, 2.75) is 83.8 Å². The molecule has 1 saturated heterocycles. The summed E-state index contributed by atoms with van der Waals surface area (Å²) in [6, 6.07) is 7.65. The first kappa shape index (κ1) is 26.4. The molecule has 1 fully saturated rings. The van der Waals surface area contributed by atoms with Crippen LogP contribution in [0.15, 0.2) is 36.4 Å². The monoisotopic (exact) mass is 506 g/mol. The van der Waals surface area contributed by atoms with Crippen molar-refractivity contribution < 1.29 is 31.4 Å². The van der Waals surface area contributed by atoms with Crippen LogP contribution in [0.2, 0.25) is 0 Å². The summed E-state index contributed by atoms with van der Waals surface area (Å²) in [5, 5.41) is 0.104. The van der Waals surface area contributed by atoms with E-state index in [-0.39, 0.29) is 39.3 Å². The fourth-order valence-corrected chi connectivity index (χ4v) is 4.53. The Hall–Kier alpha value is -2.67. The maximum atomic E-state index is 15.3. The Morgan fingerprint density at radius 3 is 2.31 bits per heavy atom. The van der Waals surface area contributed by atoms with E-state index in [1.165, 1.54) is 30.3 Å². The third-order valence-electron chi connectivity index (χ3n) is 6.72. The molecular formula is C29H31F5O2. The van der Waals surface area contributed by atoms with Crippen LogP contribution >= 0.6 is 0 Å². The highest BCUT2D eigenvalue weighted by atomic mass is 19.2. The van der Waals surface area contributed by atoms with E-state index in [0.29, 0.717) is 12.8 Å². The van der Waals surface area contributed by atoms with Gasteiger partial charge < -0.3 is 9.47 Å². The predicted octanol–water partition coefficient (Wildman–Crippen LogP) is 8.82. The van der Waals surface area contributed by atoms with Gasteiger partial charge in [-0.25, -0.2) is 17.6 Å². The summed E-state index contributed by atoms with van der Waals surface area (Å²) in [5.74, 6) is -4.34. The number of hydrogen-bond acceptors (Lipinski definition) is 2. The van der Waals surface area contributed by atoms with Gasteiger partial charge in [-0.3, -0.25) is 0 Å². The first-order valence-electron chi connectivity index (χ1n) is 12.7. The second-order valence-corrected chi connectivity index (χ2v) is 9.39. The summed E-state index contributed by atoms with van der Waals surface area (Å²) >= 11 is 0. The molecule has 194 valence electrons. The van der Waals surface area contributed by atoms with Gasteiger partial charge in [0.2, 0.25) is 0 Å². The SMILES string of the molecule is CCCCCCc1ccc(-c2ccc3cc(OC(F)C4OC4CCCC)c(F)cc3c2F)c(F)c1F. The molecule has 0 N–H and O–H groups in total. The maximum absolute atomic E-state index is 15.3. The molecule has 2 nitrogen and oxygen atoms in total. The molecule has 0 aromatic heterocycles. The van der Waals surface area contributed by atoms with Crippen molar-refractivity contribution in [3.8, 4) is 16.9 Å². The van der Waals surface area contributed by atoms with Gasteiger partial charge in [0.05, 0.1) is 6.10 Å². The number of alkyl halides is 1. The summed E-state index contributed by atoms with van der Waals surface area (Å²) in [5.41, 5.74) is -0.172. The van der Waals surface area contributed by atoms with Gasteiger partial charge >= 0.3 is 0 Å². The van der Waals surface area contributed by atoms with Crippen molar-refractivity contribution in [3.63, 3.8) is 0 Å². The second-order valence-electron chi connectivity index (χ2n) is 9.39. The Morgan fingerprint density at radius 1 is 0.833 bits per heavy atom. The Kier molecular flexibility index (Phi) is 8.50. The Balaban J connectivity index is 1.55. The fraction of sp³-hybridized carbons (Fsp3) is 0.448. The number of fused-ring (bicyclic) bond motifs is 1. The van der Waals surface area contributed by atoms with Crippen LogP contribution in [0.1, 0.15) is 64.4 Å². The lowest BCUT2D eigenvalue weighted by Crippen LogP contribution is -2.20. The molecule has 0 saturated carbocycles. The van der Waals surface area contributed by atoms with E-state index in [4.69, 9.17) is 9.47 Å². The average molecular weight is 507 g/mol. The summed E-state index contributed by atoms with van der Waals surface area (Å²) in [4.78, 5) is 0. The number of unbranched alkanes of at least 4 members (excludes halogenated alkanes) is 4. The lowest BCUT2D eigenvalue weighted by atomic mass is 9.97. The van der Waals surface area contributed by atoms with Crippen LogP contribution in [-0.2, 0) is 11.2 Å². The highest BCUT2D eigenvalue weighted by Crippen LogP contribution is 2.37. The fourth-order valence-electron chi connectivity index (χ4n) is 4.53. The summed E-state index contributed by atoms with van der Waals surface area (Å²) in [7, 11) is 0. The number of aryl methyl sites for hydroxylation is 1. The molecule has 7 heteroatoms. The number of rotatable bonds is 12. The molecule has 3 atom stereocenters. The quantitative estimate of drug-likeness (QED) is 0.139. The molecule has 1 heterocycles. The molecule has 0 spiro atoms. The van der Waals surface area contributed by atoms with E-state index in [9.17, 15) is 17.6 Å². The second kappa shape index (κ2) is 11.6. The van der Waals surface area contributed by atoms with Gasteiger partial charge in [-0.05, 0) is 42.3 Å². The van der Waals surface area contributed by atoms with E-state index in [0.717, 1.165) is 44.6 Å². The molecule has 3 aromatic carbocycles. The first-order valence-corrected chi connectivity index (χ1v) is 12.7. The molecule has 0 radical (unpaired) electrons. The van der Waals surface area contributed by atoms with Crippen LogP contribution in [-0.4, -0.2) is 18.6 Å². The lowest BCUT2D eigenvalue weighted by molar-refractivity contribution is 0.0366. The largest absolute Gasteiger partial charge is 0.454 e. The third kappa shape index (κ3) is 5.66. The van der Waals surface area contributed by atoms with Crippen molar-refractivity contribution in [2.75, 3.05) is 0 Å². The normalized spacial score (nSPS) is 18.0. The van der Waals surface area contributed by atoms with E-state index >= 15 is 4.39 Å². The molecule has 4 rings (SSSR count). The topological polar surface area (TPSA) is 21.8 Å². The number of ether oxygens (including phenoxy) is 2. The zero-order valence-corrected chi connectivity index (χ0v) is 20.6. The van der Waals surface area contributed by atoms with Crippen LogP contribution < -0.4 is 4.74 Å². The van der Waals surface area contributed by atoms with Crippen molar-refractivity contribution >= 4 is 10.8 Å². The molecule has 0 amide bonds. The molecule has 3 unspecified atom stereocenters. The number of hydrogen-bond donors (Lipinski definition) is 0. The first-order chi connectivity index (χ1) is 17.3. The van der Waals surface area contributed by atoms with Crippen LogP contribution in [0.3, 0.4) is 0 Å². The van der Waals surface area contributed by atoms with Crippen molar-refractivity contribution in [1.82, 2.24) is 0 Å². The van der Waals surface area contributed by atoms with Gasteiger partial charge in [-0.15, -0.1) is 0 Å². The minimum Gasteiger partial charge on any atom is -0.454 e. The van der Waals surface area contributed by atoms with E-state index < -0.39 is 35.7 Å². The smallest absolute Gasteiger partial charge is 0.266 e. The van der Waals surface area contributed by atoms with Gasteiger partial charge in [0, 0.05) is 16.5 Å². The number of halogens is 5. The van der Waals surface area contributed by atoms with Crippen LogP contribution in [0.4, 0.5) is 22.0 Å².